The van der Waals surface area contributed by atoms with E-state index in [4.69, 9.17) is 65.4 Å². The number of thioether (sulfide) groups is 2. The van der Waals surface area contributed by atoms with E-state index in [0.29, 0.717) is 31.6 Å². The molecule has 6 aromatic rings. The summed E-state index contributed by atoms with van der Waals surface area (Å²) in [5, 5.41) is 17.6. The Bertz CT molecular complexity index is 2900. The number of nitrogens with one attached hydrogen (secondary N) is 6. The van der Waals surface area contributed by atoms with Crippen LogP contribution in [0.3, 0.4) is 0 Å². The van der Waals surface area contributed by atoms with Crippen LogP contribution in [0, 0.1) is 0 Å². The van der Waals surface area contributed by atoms with Gasteiger partial charge in [-0.1, -0.05) is 46.4 Å². The van der Waals surface area contributed by atoms with E-state index in [2.05, 4.69) is 41.9 Å². The summed E-state index contributed by atoms with van der Waals surface area (Å²) >= 11 is 27.0. The number of hydrogen-bond acceptors (Lipinski definition) is 14. The Morgan fingerprint density at radius 1 is 0.462 bits per heavy atom. The number of nitrogens with zero attached hydrogens (tertiary/aromatic N) is 2. The molecular formula is C54H56Cl4N8O10S2. The Hall–Kier alpha value is -6.94. The van der Waals surface area contributed by atoms with E-state index >= 15 is 0 Å². The Labute approximate surface area is 480 Å². The van der Waals surface area contributed by atoms with Gasteiger partial charge in [-0.05, 0) is 151 Å². The number of anilines is 4. The topological polar surface area (TPSA) is 237 Å². The molecule has 0 saturated carbocycles. The molecule has 6 rings (SSSR count). The molecule has 6 N–H and O–H groups in total. The molecule has 0 bridgehead atoms. The summed E-state index contributed by atoms with van der Waals surface area (Å²) in [6.07, 6.45) is 5.48. The van der Waals surface area contributed by atoms with Crippen molar-refractivity contribution < 1.29 is 47.7 Å². The average Bonchev–Trinajstić information content (AvgIpc) is 3.39. The van der Waals surface area contributed by atoms with Gasteiger partial charge in [0.25, 0.3) is 23.6 Å². The first kappa shape index (κ1) is 61.9. The summed E-state index contributed by atoms with van der Waals surface area (Å²) in [5.74, 6) is -0.853. The fraction of sp³-hybridized carbons (Fsp3) is 0.259. The number of alkyl carbamates (subject to hydrolysis) is 2. The van der Waals surface area contributed by atoms with Crippen LogP contribution in [0.2, 0.25) is 20.1 Å². The standard InChI is InChI=1S/2C27H28Cl2N4O5S/c2*1-27(2,3)38-26(36)30-11-12-37-22-14-18(39-4)7-8-19(22)24(34)32-21-9-5-16(28)13-20(21)25(35)33-23-10-6-17(29)15-31-23/h2*5-10,13-15H,11-12H2,1-4H3,(H,30,36)(H,32,34)(H,31,33,35). The summed E-state index contributed by atoms with van der Waals surface area (Å²) in [7, 11) is 0. The maximum absolute atomic E-state index is 13.3. The van der Waals surface area contributed by atoms with Gasteiger partial charge >= 0.3 is 12.2 Å². The number of carbonyl (C=O) groups excluding carboxylic acids is 6. The zero-order valence-electron chi connectivity index (χ0n) is 43.5. The van der Waals surface area contributed by atoms with Gasteiger partial charge in [-0.3, -0.25) is 19.2 Å². The maximum atomic E-state index is 13.3. The van der Waals surface area contributed by atoms with E-state index in [0.717, 1.165) is 9.79 Å². The number of aromatic nitrogens is 2. The smallest absolute Gasteiger partial charge is 0.407 e. The van der Waals surface area contributed by atoms with Gasteiger partial charge in [0.05, 0.1) is 56.8 Å². The van der Waals surface area contributed by atoms with E-state index < -0.39 is 47.0 Å². The van der Waals surface area contributed by atoms with Crippen molar-refractivity contribution in [1.82, 2.24) is 20.6 Å². The molecule has 0 fully saturated rings. The van der Waals surface area contributed by atoms with Gasteiger partial charge in [-0.15, -0.1) is 23.5 Å². The van der Waals surface area contributed by atoms with Gasteiger partial charge in [-0.25, -0.2) is 19.6 Å². The lowest BCUT2D eigenvalue weighted by Crippen LogP contribution is -2.34. The van der Waals surface area contributed by atoms with Crippen LogP contribution < -0.4 is 41.4 Å². The van der Waals surface area contributed by atoms with Crippen LogP contribution in [0.15, 0.2) is 119 Å². The molecule has 0 aliphatic carbocycles. The first-order valence-corrected chi connectivity index (χ1v) is 27.5. The summed E-state index contributed by atoms with van der Waals surface area (Å²) in [5.41, 5.74) is -0.00650. The molecule has 2 heterocycles. The van der Waals surface area contributed by atoms with Crippen LogP contribution in [-0.2, 0) is 9.47 Å². The van der Waals surface area contributed by atoms with Crippen molar-refractivity contribution in [1.29, 1.82) is 0 Å². The molecule has 0 aliphatic heterocycles. The van der Waals surface area contributed by atoms with Crippen LogP contribution in [0.5, 0.6) is 11.5 Å². The zero-order chi connectivity index (χ0) is 57.2. The Morgan fingerprint density at radius 3 is 1.15 bits per heavy atom. The van der Waals surface area contributed by atoms with Crippen molar-refractivity contribution >= 4 is 129 Å². The molecule has 0 atom stereocenters. The fourth-order valence-electron chi connectivity index (χ4n) is 6.40. The molecule has 0 saturated heterocycles. The molecule has 0 radical (unpaired) electrons. The zero-order valence-corrected chi connectivity index (χ0v) is 48.2. The molecule has 24 heteroatoms. The fourth-order valence-corrected chi connectivity index (χ4v) is 7.83. The summed E-state index contributed by atoms with van der Waals surface area (Å²) < 4.78 is 22.1. The first-order chi connectivity index (χ1) is 36.9. The molecule has 6 amide bonds. The van der Waals surface area contributed by atoms with Crippen LogP contribution in [0.1, 0.15) is 83.0 Å². The van der Waals surface area contributed by atoms with Crippen molar-refractivity contribution in [3.05, 3.63) is 152 Å². The van der Waals surface area contributed by atoms with E-state index in [1.54, 1.807) is 114 Å². The molecule has 18 nitrogen and oxygen atoms in total. The number of ether oxygens (including phenoxy) is 4. The van der Waals surface area contributed by atoms with Crippen LogP contribution in [0.4, 0.5) is 32.6 Å². The molecule has 78 heavy (non-hydrogen) atoms. The molecule has 4 aromatic carbocycles. The van der Waals surface area contributed by atoms with E-state index in [9.17, 15) is 28.8 Å². The SMILES string of the molecule is CSc1ccc(C(=O)Nc2ccc(Cl)cc2C(=O)Nc2ccc(Cl)cn2)c(OCCNC(=O)OC(C)(C)C)c1.CSc1ccc(C(=O)Nc2ccc(Cl)cc2C(=O)Nc2ccc(Cl)cn2)c(OCCNC(=O)OC(C)(C)C)c1. The lowest BCUT2D eigenvalue weighted by Gasteiger charge is -2.20. The monoisotopic (exact) mass is 1180 g/mol. The van der Waals surface area contributed by atoms with Gasteiger partial charge < -0.3 is 50.8 Å². The molecule has 0 unspecified atom stereocenters. The third-order valence-electron chi connectivity index (χ3n) is 9.81. The number of rotatable bonds is 18. The normalized spacial score (nSPS) is 10.9. The van der Waals surface area contributed by atoms with E-state index in [-0.39, 0.29) is 71.6 Å². The van der Waals surface area contributed by atoms with E-state index in [1.807, 2.05) is 12.5 Å². The highest BCUT2D eigenvalue weighted by atomic mass is 35.5. The van der Waals surface area contributed by atoms with Gasteiger partial charge in [0.2, 0.25) is 0 Å². The summed E-state index contributed by atoms with van der Waals surface area (Å²) in [6.45, 7) is 11.1. The second-order valence-electron chi connectivity index (χ2n) is 18.2. The lowest BCUT2D eigenvalue weighted by atomic mass is 10.1. The quantitative estimate of drug-likeness (QED) is 0.0347. The third kappa shape index (κ3) is 20.5. The van der Waals surface area contributed by atoms with Crippen LogP contribution >= 0.6 is 69.9 Å². The Morgan fingerprint density at radius 2 is 0.821 bits per heavy atom. The maximum Gasteiger partial charge on any atom is 0.407 e. The van der Waals surface area contributed by atoms with Gasteiger partial charge in [-0.2, -0.15) is 0 Å². The highest BCUT2D eigenvalue weighted by Crippen LogP contribution is 2.31. The number of carbonyl (C=O) groups is 6. The van der Waals surface area contributed by atoms with Crippen LogP contribution in [0.25, 0.3) is 0 Å². The molecule has 0 spiro atoms. The predicted octanol–water partition coefficient (Wildman–Crippen LogP) is 13.0. The lowest BCUT2D eigenvalue weighted by molar-refractivity contribution is 0.0509. The van der Waals surface area contributed by atoms with Crippen molar-refractivity contribution in [3.8, 4) is 11.5 Å². The van der Waals surface area contributed by atoms with Gasteiger partial charge in [0.15, 0.2) is 0 Å². The predicted molar refractivity (Wildman–Crippen MR) is 309 cm³/mol. The Kier molecular flexibility index (Phi) is 23.1. The number of amides is 6. The molecule has 0 aliphatic rings. The molecule has 2 aromatic heterocycles. The summed E-state index contributed by atoms with van der Waals surface area (Å²) in [4.78, 5) is 86.2. The number of hydrogen-bond donors (Lipinski definition) is 6. The van der Waals surface area contributed by atoms with Gasteiger partial charge in [0.1, 0.15) is 47.6 Å². The second-order valence-corrected chi connectivity index (χ2v) is 21.7. The minimum atomic E-state index is -0.619. The third-order valence-corrected chi connectivity index (χ3v) is 12.2. The van der Waals surface area contributed by atoms with Crippen molar-refractivity contribution in [2.45, 2.75) is 62.5 Å². The van der Waals surface area contributed by atoms with Crippen LogP contribution in [-0.4, -0.2) is 95.8 Å². The highest BCUT2D eigenvalue weighted by molar-refractivity contribution is 7.98. The van der Waals surface area contributed by atoms with Crippen molar-refractivity contribution in [2.75, 3.05) is 60.1 Å². The van der Waals surface area contributed by atoms with Gasteiger partial charge in [0, 0.05) is 32.2 Å². The summed E-state index contributed by atoms with van der Waals surface area (Å²) in [6, 6.07) is 25.7. The number of halogens is 4. The highest BCUT2D eigenvalue weighted by Gasteiger charge is 2.22. The number of benzene rings is 4. The number of pyridine rings is 2. The second kappa shape index (κ2) is 29.2. The Balaban J connectivity index is 0.000000287. The molecule has 412 valence electrons. The van der Waals surface area contributed by atoms with Crippen molar-refractivity contribution in [3.63, 3.8) is 0 Å². The van der Waals surface area contributed by atoms with E-state index in [1.165, 1.54) is 60.2 Å². The minimum Gasteiger partial charge on any atom is -0.491 e. The first-order valence-electron chi connectivity index (χ1n) is 23.5. The minimum absolute atomic E-state index is 0.0973. The molecular weight excluding hydrogens is 1130 g/mol. The van der Waals surface area contributed by atoms with Crippen molar-refractivity contribution in [2.24, 2.45) is 0 Å². The average molecular weight is 1180 g/mol. The largest absolute Gasteiger partial charge is 0.491 e.